The van der Waals surface area contributed by atoms with Crippen LogP contribution in [-0.2, 0) is 0 Å². The average molecular weight is 488 g/mol. The Labute approximate surface area is 206 Å². The van der Waals surface area contributed by atoms with Crippen LogP contribution in [0.5, 0.6) is 0 Å². The maximum atomic E-state index is 13.2. The normalized spacial score (nSPS) is 11.3. The van der Waals surface area contributed by atoms with Crippen molar-refractivity contribution in [1.82, 2.24) is 4.98 Å². The van der Waals surface area contributed by atoms with Gasteiger partial charge < -0.3 is 15.5 Å². The number of aromatic nitrogens is 1. The molecule has 0 bridgehead atoms. The number of nitrogens with two attached hydrogens (primary N) is 1. The minimum Gasteiger partial charge on any atom is -0.464 e. The standard InChI is InChI=1S/C27H22ClN3O2S/c1-15(2)16-7-11-19(12-8-16)30-26(32)25-24(29)23-20(22-4-3-13-33-22)14-21(31-27(23)34-25)17-5-9-18(28)10-6-17/h3-15H,29H2,1-2H3,(H,30,32). The van der Waals surface area contributed by atoms with Crippen molar-refractivity contribution in [3.8, 4) is 22.6 Å². The van der Waals surface area contributed by atoms with Gasteiger partial charge in [0.25, 0.3) is 5.91 Å². The van der Waals surface area contributed by atoms with Gasteiger partial charge in [0.15, 0.2) is 0 Å². The van der Waals surface area contributed by atoms with E-state index in [0.717, 1.165) is 16.8 Å². The van der Waals surface area contributed by atoms with Gasteiger partial charge >= 0.3 is 0 Å². The molecule has 0 atom stereocenters. The number of hydrogen-bond donors (Lipinski definition) is 2. The number of benzene rings is 2. The molecule has 0 aliphatic rings. The number of amides is 1. The summed E-state index contributed by atoms with van der Waals surface area (Å²) in [4.78, 5) is 19.1. The zero-order valence-corrected chi connectivity index (χ0v) is 20.2. The molecule has 3 N–H and O–H groups in total. The zero-order valence-electron chi connectivity index (χ0n) is 18.6. The molecule has 170 valence electrons. The summed E-state index contributed by atoms with van der Waals surface area (Å²) in [5.74, 6) is 0.809. The monoisotopic (exact) mass is 487 g/mol. The number of nitrogen functional groups attached to an aromatic ring is 1. The molecule has 2 aromatic carbocycles. The summed E-state index contributed by atoms with van der Waals surface area (Å²) in [6, 6.07) is 20.9. The second kappa shape index (κ2) is 8.97. The Kier molecular flexibility index (Phi) is 5.86. The maximum absolute atomic E-state index is 13.2. The van der Waals surface area contributed by atoms with Crippen LogP contribution in [0.2, 0.25) is 5.02 Å². The first-order valence-corrected chi connectivity index (χ1v) is 12.0. The van der Waals surface area contributed by atoms with E-state index in [1.54, 1.807) is 6.26 Å². The molecule has 0 fully saturated rings. The highest BCUT2D eigenvalue weighted by Crippen LogP contribution is 2.41. The molecule has 0 radical (unpaired) electrons. The number of nitrogens with zero attached hydrogens (tertiary/aromatic N) is 1. The number of carbonyl (C=O) groups excluding carboxylic acids is 1. The number of anilines is 2. The number of fused-ring (bicyclic) bond motifs is 1. The molecule has 0 aliphatic carbocycles. The van der Waals surface area contributed by atoms with E-state index >= 15 is 0 Å². The van der Waals surface area contributed by atoms with Gasteiger partial charge in [-0.2, -0.15) is 0 Å². The number of hydrogen-bond acceptors (Lipinski definition) is 5. The summed E-state index contributed by atoms with van der Waals surface area (Å²) < 4.78 is 5.69. The van der Waals surface area contributed by atoms with Gasteiger partial charge in [0.1, 0.15) is 15.5 Å². The number of furan rings is 1. The van der Waals surface area contributed by atoms with Gasteiger partial charge in [-0.25, -0.2) is 4.98 Å². The molecule has 5 aromatic rings. The van der Waals surface area contributed by atoms with Crippen molar-refractivity contribution in [2.45, 2.75) is 19.8 Å². The lowest BCUT2D eigenvalue weighted by Crippen LogP contribution is -2.12. The Bertz CT molecular complexity index is 1470. The lowest BCUT2D eigenvalue weighted by molar-refractivity contribution is 0.103. The Balaban J connectivity index is 1.58. The molecule has 0 aliphatic heterocycles. The quantitative estimate of drug-likeness (QED) is 0.264. The van der Waals surface area contributed by atoms with Gasteiger partial charge in [-0.3, -0.25) is 4.79 Å². The van der Waals surface area contributed by atoms with Crippen LogP contribution < -0.4 is 11.1 Å². The fourth-order valence-electron chi connectivity index (χ4n) is 3.82. The largest absolute Gasteiger partial charge is 0.464 e. The van der Waals surface area contributed by atoms with Crippen LogP contribution in [0, 0.1) is 0 Å². The molecule has 0 saturated heterocycles. The number of thiophene rings is 1. The van der Waals surface area contributed by atoms with Gasteiger partial charge in [0.2, 0.25) is 0 Å². The van der Waals surface area contributed by atoms with Crippen LogP contribution >= 0.6 is 22.9 Å². The highest BCUT2D eigenvalue weighted by molar-refractivity contribution is 7.21. The Morgan fingerprint density at radius 2 is 1.82 bits per heavy atom. The van der Waals surface area contributed by atoms with E-state index in [-0.39, 0.29) is 5.91 Å². The highest BCUT2D eigenvalue weighted by atomic mass is 35.5. The molecule has 0 saturated carbocycles. The van der Waals surface area contributed by atoms with Crippen molar-refractivity contribution in [2.24, 2.45) is 0 Å². The predicted molar refractivity (Wildman–Crippen MR) is 141 cm³/mol. The van der Waals surface area contributed by atoms with Gasteiger partial charge in [-0.15, -0.1) is 11.3 Å². The third-order valence-electron chi connectivity index (χ3n) is 5.67. The third kappa shape index (κ3) is 4.18. The van der Waals surface area contributed by atoms with E-state index in [0.29, 0.717) is 43.2 Å². The first-order valence-electron chi connectivity index (χ1n) is 10.8. The molecule has 3 aromatic heterocycles. The molecule has 1 amide bonds. The first-order chi connectivity index (χ1) is 16.4. The van der Waals surface area contributed by atoms with Crippen molar-refractivity contribution < 1.29 is 9.21 Å². The van der Waals surface area contributed by atoms with Crippen LogP contribution in [-0.4, -0.2) is 10.9 Å². The van der Waals surface area contributed by atoms with E-state index in [4.69, 9.17) is 26.7 Å². The minimum atomic E-state index is -0.267. The second-order valence-corrected chi connectivity index (χ2v) is 9.73. The molecular formula is C27H22ClN3O2S. The highest BCUT2D eigenvalue weighted by Gasteiger charge is 2.22. The molecule has 3 heterocycles. The van der Waals surface area contributed by atoms with Crippen LogP contribution in [0.1, 0.15) is 35.0 Å². The lowest BCUT2D eigenvalue weighted by Gasteiger charge is -2.08. The van der Waals surface area contributed by atoms with Crippen molar-refractivity contribution in [1.29, 1.82) is 0 Å². The van der Waals surface area contributed by atoms with Crippen LogP contribution in [0.15, 0.2) is 77.4 Å². The van der Waals surface area contributed by atoms with Crippen molar-refractivity contribution in [3.05, 3.63) is 88.5 Å². The van der Waals surface area contributed by atoms with Gasteiger partial charge in [-0.05, 0) is 53.9 Å². The fraction of sp³-hybridized carbons (Fsp3) is 0.111. The average Bonchev–Trinajstić information content (AvgIpc) is 3.48. The van der Waals surface area contributed by atoms with E-state index in [9.17, 15) is 4.79 Å². The summed E-state index contributed by atoms with van der Waals surface area (Å²) in [5, 5.41) is 4.31. The Hall–Kier alpha value is -3.61. The summed E-state index contributed by atoms with van der Waals surface area (Å²) in [5.41, 5.74) is 11.3. The zero-order chi connectivity index (χ0) is 23.8. The number of halogens is 1. The summed E-state index contributed by atoms with van der Waals surface area (Å²) in [6.07, 6.45) is 1.61. The molecule has 5 nitrogen and oxygen atoms in total. The smallest absolute Gasteiger partial charge is 0.267 e. The predicted octanol–water partition coefficient (Wildman–Crippen LogP) is 7.83. The van der Waals surface area contributed by atoms with Crippen LogP contribution in [0.25, 0.3) is 32.8 Å². The van der Waals surface area contributed by atoms with Gasteiger partial charge in [0.05, 0.1) is 17.6 Å². The van der Waals surface area contributed by atoms with Crippen molar-refractivity contribution >= 4 is 50.4 Å². The number of nitrogens with one attached hydrogen (secondary N) is 1. The topological polar surface area (TPSA) is 81.2 Å². The van der Waals surface area contributed by atoms with Crippen molar-refractivity contribution in [3.63, 3.8) is 0 Å². The lowest BCUT2D eigenvalue weighted by atomic mass is 10.0. The number of pyridine rings is 1. The fourth-order valence-corrected chi connectivity index (χ4v) is 4.96. The summed E-state index contributed by atoms with van der Waals surface area (Å²) in [6.45, 7) is 4.26. The van der Waals surface area contributed by atoms with Crippen LogP contribution in [0.4, 0.5) is 11.4 Å². The van der Waals surface area contributed by atoms with E-state index in [1.807, 2.05) is 66.7 Å². The molecule has 0 spiro atoms. The van der Waals surface area contributed by atoms with Gasteiger partial charge in [0, 0.05) is 27.2 Å². The summed E-state index contributed by atoms with van der Waals surface area (Å²) in [7, 11) is 0. The van der Waals surface area contributed by atoms with Crippen molar-refractivity contribution in [2.75, 3.05) is 11.1 Å². The Morgan fingerprint density at radius 3 is 2.47 bits per heavy atom. The van der Waals surface area contributed by atoms with Crippen LogP contribution in [0.3, 0.4) is 0 Å². The molecule has 0 unspecified atom stereocenters. The number of rotatable bonds is 5. The minimum absolute atomic E-state index is 0.267. The SMILES string of the molecule is CC(C)c1ccc(NC(=O)c2sc3nc(-c4ccc(Cl)cc4)cc(-c4ccco4)c3c2N)cc1. The second-order valence-electron chi connectivity index (χ2n) is 8.30. The first kappa shape index (κ1) is 22.2. The van der Waals surface area contributed by atoms with E-state index < -0.39 is 0 Å². The van der Waals surface area contributed by atoms with E-state index in [2.05, 4.69) is 19.2 Å². The molecule has 34 heavy (non-hydrogen) atoms. The summed E-state index contributed by atoms with van der Waals surface area (Å²) >= 11 is 7.33. The molecular weight excluding hydrogens is 466 g/mol. The Morgan fingerprint density at radius 1 is 1.09 bits per heavy atom. The maximum Gasteiger partial charge on any atom is 0.267 e. The molecule has 5 rings (SSSR count). The third-order valence-corrected chi connectivity index (χ3v) is 7.02. The van der Waals surface area contributed by atoms with E-state index in [1.165, 1.54) is 16.9 Å². The molecule has 7 heteroatoms. The van der Waals surface area contributed by atoms with Gasteiger partial charge in [-0.1, -0.05) is 49.7 Å². The number of carbonyl (C=O) groups is 1.